The average Bonchev–Trinajstić information content (AvgIpc) is 3.21. The van der Waals surface area contributed by atoms with Crippen LogP contribution in [0.3, 0.4) is 0 Å². The number of imidazole rings is 1. The van der Waals surface area contributed by atoms with Crippen molar-refractivity contribution in [3.05, 3.63) is 78.1 Å². The maximum Gasteiger partial charge on any atom is 0.327 e. The first-order chi connectivity index (χ1) is 14.4. The van der Waals surface area contributed by atoms with Crippen LogP contribution in [0.4, 0.5) is 10.1 Å². The lowest BCUT2D eigenvalue weighted by molar-refractivity contribution is -0.116. The van der Waals surface area contributed by atoms with Crippen LogP contribution in [0.1, 0.15) is 17.7 Å². The van der Waals surface area contributed by atoms with Crippen LogP contribution in [0, 0.1) is 5.82 Å². The standard InChI is InChI=1S/C21H23FN3O4P/c1-28-30(2,27)29-14-16-3-7-18(8-4-16)24-21(26)12-11-20-13-23-15-25(20)19-9-5-17(22)6-10-19/h3-10,13,15H,11-12,14H2,1-2H3,(H,24,26). The van der Waals surface area contributed by atoms with E-state index in [-0.39, 0.29) is 24.8 Å². The molecule has 0 fully saturated rings. The Morgan fingerprint density at radius 3 is 2.53 bits per heavy atom. The van der Waals surface area contributed by atoms with Crippen LogP contribution in [-0.4, -0.2) is 29.2 Å². The van der Waals surface area contributed by atoms with Crippen molar-refractivity contribution in [1.82, 2.24) is 9.55 Å². The number of carbonyl (C=O) groups is 1. The van der Waals surface area contributed by atoms with Crippen molar-refractivity contribution < 1.29 is 22.8 Å². The van der Waals surface area contributed by atoms with E-state index in [0.29, 0.717) is 12.1 Å². The Hall–Kier alpha value is -2.80. The lowest BCUT2D eigenvalue weighted by Gasteiger charge is -2.12. The molecule has 0 saturated heterocycles. The minimum absolute atomic E-state index is 0.136. The molecule has 1 heterocycles. The molecule has 0 radical (unpaired) electrons. The number of anilines is 1. The highest BCUT2D eigenvalue weighted by molar-refractivity contribution is 7.52. The van der Waals surface area contributed by atoms with Crippen molar-refractivity contribution >= 4 is 19.2 Å². The molecule has 1 amide bonds. The smallest absolute Gasteiger partial charge is 0.326 e. The van der Waals surface area contributed by atoms with Gasteiger partial charge in [-0.3, -0.25) is 9.36 Å². The van der Waals surface area contributed by atoms with Gasteiger partial charge in [0.25, 0.3) is 0 Å². The summed E-state index contributed by atoms with van der Waals surface area (Å²) < 4.78 is 36.7. The number of carbonyl (C=O) groups excluding carboxylic acids is 1. The van der Waals surface area contributed by atoms with E-state index >= 15 is 0 Å². The lowest BCUT2D eigenvalue weighted by atomic mass is 10.2. The maximum atomic E-state index is 13.1. The van der Waals surface area contributed by atoms with Gasteiger partial charge in [0.2, 0.25) is 5.91 Å². The summed E-state index contributed by atoms with van der Waals surface area (Å²) in [4.78, 5) is 16.4. The van der Waals surface area contributed by atoms with Crippen LogP contribution >= 0.6 is 7.60 Å². The highest BCUT2D eigenvalue weighted by Crippen LogP contribution is 2.43. The first-order valence-electron chi connectivity index (χ1n) is 9.30. The summed E-state index contributed by atoms with van der Waals surface area (Å²) >= 11 is 0. The third-order valence-corrected chi connectivity index (χ3v) is 5.72. The number of aryl methyl sites for hydroxylation is 1. The van der Waals surface area contributed by atoms with Crippen molar-refractivity contribution in [2.45, 2.75) is 19.4 Å². The monoisotopic (exact) mass is 431 g/mol. The van der Waals surface area contributed by atoms with Crippen LogP contribution in [0.15, 0.2) is 61.1 Å². The van der Waals surface area contributed by atoms with E-state index in [9.17, 15) is 13.8 Å². The van der Waals surface area contributed by atoms with Crippen LogP contribution in [0.25, 0.3) is 5.69 Å². The predicted molar refractivity (Wildman–Crippen MR) is 112 cm³/mol. The molecule has 0 spiro atoms. The summed E-state index contributed by atoms with van der Waals surface area (Å²) in [6.45, 7) is 1.56. The Kier molecular flexibility index (Phi) is 7.15. The number of rotatable bonds is 9. The molecule has 9 heteroatoms. The second-order valence-corrected chi connectivity index (χ2v) is 8.87. The van der Waals surface area contributed by atoms with Gasteiger partial charge in [0, 0.05) is 43.5 Å². The number of amides is 1. The first-order valence-corrected chi connectivity index (χ1v) is 11.3. The number of nitrogens with one attached hydrogen (secondary N) is 1. The molecule has 3 rings (SSSR count). The van der Waals surface area contributed by atoms with Crippen molar-refractivity contribution in [2.75, 3.05) is 19.1 Å². The zero-order chi connectivity index (χ0) is 21.6. The minimum atomic E-state index is -3.03. The summed E-state index contributed by atoms with van der Waals surface area (Å²) in [7, 11) is -1.69. The molecule has 30 heavy (non-hydrogen) atoms. The van der Waals surface area contributed by atoms with Crippen molar-refractivity contribution in [3.8, 4) is 5.69 Å². The van der Waals surface area contributed by atoms with E-state index in [1.165, 1.54) is 25.9 Å². The predicted octanol–water partition coefficient (Wildman–Crippen LogP) is 4.57. The van der Waals surface area contributed by atoms with Gasteiger partial charge >= 0.3 is 7.60 Å². The number of nitrogens with zero attached hydrogens (tertiary/aromatic N) is 2. The zero-order valence-electron chi connectivity index (χ0n) is 16.7. The Morgan fingerprint density at radius 2 is 1.87 bits per heavy atom. The number of halogens is 1. The molecule has 0 bridgehead atoms. The second-order valence-electron chi connectivity index (χ2n) is 6.70. The van der Waals surface area contributed by atoms with Crippen molar-refractivity contribution in [3.63, 3.8) is 0 Å². The normalized spacial score (nSPS) is 13.0. The number of hydrogen-bond donors (Lipinski definition) is 1. The molecule has 7 nitrogen and oxygen atoms in total. The molecule has 0 aliphatic heterocycles. The van der Waals surface area contributed by atoms with Gasteiger partial charge in [0.1, 0.15) is 5.82 Å². The summed E-state index contributed by atoms with van der Waals surface area (Å²) in [6, 6.07) is 13.2. The minimum Gasteiger partial charge on any atom is -0.326 e. The topological polar surface area (TPSA) is 82.4 Å². The molecular formula is C21H23FN3O4P. The molecule has 1 unspecified atom stereocenters. The van der Waals surface area contributed by atoms with Crippen LogP contribution in [-0.2, 0) is 31.4 Å². The summed E-state index contributed by atoms with van der Waals surface area (Å²) in [5.41, 5.74) is 3.11. The summed E-state index contributed by atoms with van der Waals surface area (Å²) in [5.74, 6) is -0.442. The third kappa shape index (κ3) is 6.10. The summed E-state index contributed by atoms with van der Waals surface area (Å²) in [5, 5.41) is 2.84. The van der Waals surface area contributed by atoms with E-state index in [1.54, 1.807) is 48.9 Å². The van der Waals surface area contributed by atoms with Crippen molar-refractivity contribution in [1.29, 1.82) is 0 Å². The molecule has 158 valence electrons. The zero-order valence-corrected chi connectivity index (χ0v) is 17.6. The molecule has 0 aliphatic rings. The SMILES string of the molecule is COP(C)(=O)OCc1ccc(NC(=O)CCc2cncn2-c2ccc(F)cc2)cc1. The fourth-order valence-electron chi connectivity index (χ4n) is 2.74. The first kappa shape index (κ1) is 21.9. The fraction of sp³-hybridized carbons (Fsp3) is 0.238. The van der Waals surface area contributed by atoms with Crippen LogP contribution in [0.2, 0.25) is 0 Å². The molecule has 1 aromatic heterocycles. The van der Waals surface area contributed by atoms with Crippen LogP contribution < -0.4 is 5.32 Å². The van der Waals surface area contributed by atoms with E-state index in [4.69, 9.17) is 9.05 Å². The van der Waals surface area contributed by atoms with Gasteiger partial charge < -0.3 is 18.9 Å². The molecule has 0 saturated carbocycles. The van der Waals surface area contributed by atoms with Crippen LogP contribution in [0.5, 0.6) is 0 Å². The maximum absolute atomic E-state index is 13.1. The van der Waals surface area contributed by atoms with Gasteiger partial charge in [-0.15, -0.1) is 0 Å². The average molecular weight is 431 g/mol. The van der Waals surface area contributed by atoms with E-state index < -0.39 is 7.60 Å². The highest BCUT2D eigenvalue weighted by atomic mass is 31.2. The van der Waals surface area contributed by atoms with E-state index in [0.717, 1.165) is 16.9 Å². The van der Waals surface area contributed by atoms with E-state index in [2.05, 4.69) is 10.3 Å². The number of benzene rings is 2. The molecule has 2 aromatic carbocycles. The highest BCUT2D eigenvalue weighted by Gasteiger charge is 2.14. The lowest BCUT2D eigenvalue weighted by Crippen LogP contribution is -2.13. The molecular weight excluding hydrogens is 408 g/mol. The quantitative estimate of drug-likeness (QED) is 0.502. The Bertz CT molecular complexity index is 1040. The fourth-order valence-corrected chi connectivity index (χ4v) is 3.22. The van der Waals surface area contributed by atoms with Gasteiger partial charge in [-0.25, -0.2) is 9.37 Å². The Labute approximate surface area is 174 Å². The van der Waals surface area contributed by atoms with Crippen molar-refractivity contribution in [2.24, 2.45) is 0 Å². The van der Waals surface area contributed by atoms with Gasteiger partial charge in [0.15, 0.2) is 0 Å². The van der Waals surface area contributed by atoms with Gasteiger partial charge in [-0.1, -0.05) is 12.1 Å². The molecule has 1 N–H and O–H groups in total. The Morgan fingerprint density at radius 1 is 1.17 bits per heavy atom. The molecule has 1 atom stereocenters. The largest absolute Gasteiger partial charge is 0.327 e. The van der Waals surface area contributed by atoms with Gasteiger partial charge in [0.05, 0.1) is 12.9 Å². The van der Waals surface area contributed by atoms with E-state index in [1.807, 2.05) is 4.57 Å². The van der Waals surface area contributed by atoms with Gasteiger partial charge in [-0.05, 0) is 48.4 Å². The van der Waals surface area contributed by atoms with Gasteiger partial charge in [-0.2, -0.15) is 0 Å². The third-order valence-electron chi connectivity index (χ3n) is 4.46. The molecule has 0 aliphatic carbocycles. The number of hydrogen-bond acceptors (Lipinski definition) is 5. The Balaban J connectivity index is 1.53. The molecule has 3 aromatic rings. The second kappa shape index (κ2) is 9.80. The number of aromatic nitrogens is 2. The summed E-state index contributed by atoms with van der Waals surface area (Å²) in [6.07, 6.45) is 4.08.